The van der Waals surface area contributed by atoms with Gasteiger partial charge in [-0.3, -0.25) is 9.69 Å². The van der Waals surface area contributed by atoms with Crippen molar-refractivity contribution in [3.05, 3.63) is 60.2 Å². The summed E-state index contributed by atoms with van der Waals surface area (Å²) in [6, 6.07) is 10.5. The molecule has 2 atom stereocenters. The number of nitrogens with zero attached hydrogens (tertiary/aromatic N) is 4. The highest BCUT2D eigenvalue weighted by atomic mass is 16.3. The number of rotatable bonds is 5. The van der Waals surface area contributed by atoms with Crippen LogP contribution in [0.3, 0.4) is 0 Å². The van der Waals surface area contributed by atoms with Crippen molar-refractivity contribution >= 4 is 5.91 Å². The van der Waals surface area contributed by atoms with Crippen LogP contribution in [0.5, 0.6) is 0 Å². The third-order valence-electron chi connectivity index (χ3n) is 6.42. The van der Waals surface area contributed by atoms with Crippen LogP contribution >= 0.6 is 0 Å². The van der Waals surface area contributed by atoms with E-state index in [2.05, 4.69) is 39.1 Å². The number of aliphatic hydroxyl groups excluding tert-OH is 1. The molecule has 2 aromatic rings. The van der Waals surface area contributed by atoms with E-state index in [0.717, 1.165) is 31.5 Å². The number of carbonyl (C=O) groups excluding carboxylic acids is 1. The lowest BCUT2D eigenvalue weighted by Crippen LogP contribution is -2.84. The van der Waals surface area contributed by atoms with Gasteiger partial charge in [-0.2, -0.15) is 0 Å². The zero-order valence-electron chi connectivity index (χ0n) is 15.2. The molecule has 2 aliphatic heterocycles. The van der Waals surface area contributed by atoms with Crippen molar-refractivity contribution in [1.29, 1.82) is 0 Å². The molecule has 1 saturated carbocycles. The Bertz CT molecular complexity index is 819. The molecule has 140 valence electrons. The minimum atomic E-state index is -0.102. The molecule has 27 heavy (non-hydrogen) atoms. The van der Waals surface area contributed by atoms with Crippen LogP contribution < -0.4 is 0 Å². The summed E-state index contributed by atoms with van der Waals surface area (Å²) in [5.74, 6) is 0.793. The minimum Gasteiger partial charge on any atom is -0.395 e. The van der Waals surface area contributed by atoms with Gasteiger partial charge in [0.2, 0.25) is 5.91 Å². The summed E-state index contributed by atoms with van der Waals surface area (Å²) >= 11 is 0. The van der Waals surface area contributed by atoms with E-state index >= 15 is 0 Å². The van der Waals surface area contributed by atoms with Gasteiger partial charge >= 0.3 is 0 Å². The van der Waals surface area contributed by atoms with E-state index in [9.17, 15) is 9.90 Å². The van der Waals surface area contributed by atoms with Gasteiger partial charge in [0.15, 0.2) is 0 Å². The van der Waals surface area contributed by atoms with Gasteiger partial charge < -0.3 is 10.0 Å². The molecule has 2 saturated heterocycles. The van der Waals surface area contributed by atoms with Gasteiger partial charge in [0, 0.05) is 55.5 Å². The molecule has 1 aromatic heterocycles. The predicted molar refractivity (Wildman–Crippen MR) is 99.7 cm³/mol. The Balaban J connectivity index is 1.43. The van der Waals surface area contributed by atoms with Gasteiger partial charge in [-0.15, -0.1) is 0 Å². The maximum atomic E-state index is 12.5. The SMILES string of the molecule is O=C(C1CC1)N1CC2(C1)[C@H](c1ccccc1)[C@H](CO)N2Cc1cncnc1. The maximum Gasteiger partial charge on any atom is 0.225 e. The topological polar surface area (TPSA) is 69.6 Å². The molecule has 3 fully saturated rings. The van der Waals surface area contributed by atoms with Crippen molar-refractivity contribution in [2.45, 2.75) is 36.9 Å². The van der Waals surface area contributed by atoms with Gasteiger partial charge in [-0.05, 0) is 18.4 Å². The van der Waals surface area contributed by atoms with Crippen molar-refractivity contribution in [3.8, 4) is 0 Å². The maximum absolute atomic E-state index is 12.5. The fraction of sp³-hybridized carbons (Fsp3) is 0.476. The standard InChI is InChI=1S/C21H24N4O2/c26-11-18-19(16-4-2-1-3-5-16)21(12-24(13-21)20(27)17-6-7-17)25(18)10-15-8-22-14-23-9-15/h1-5,8-9,14,17-19,26H,6-7,10-13H2/t18-,19+/m0/s1. The van der Waals surface area contributed by atoms with Crippen LogP contribution in [0.2, 0.25) is 0 Å². The molecule has 6 nitrogen and oxygen atoms in total. The molecule has 1 aliphatic carbocycles. The Hall–Kier alpha value is -2.31. The summed E-state index contributed by atoms with van der Waals surface area (Å²) in [7, 11) is 0. The Morgan fingerprint density at radius 1 is 1.15 bits per heavy atom. The molecule has 3 heterocycles. The fourth-order valence-corrected chi connectivity index (χ4v) is 4.98. The Kier molecular flexibility index (Phi) is 3.98. The van der Waals surface area contributed by atoms with Crippen molar-refractivity contribution in [3.63, 3.8) is 0 Å². The molecule has 5 rings (SSSR count). The van der Waals surface area contributed by atoms with Crippen molar-refractivity contribution in [2.75, 3.05) is 19.7 Å². The van der Waals surface area contributed by atoms with Gasteiger partial charge in [0.25, 0.3) is 0 Å². The third-order valence-corrected chi connectivity index (χ3v) is 6.42. The lowest BCUT2D eigenvalue weighted by atomic mass is 9.60. The van der Waals surface area contributed by atoms with Crippen molar-refractivity contribution in [2.24, 2.45) is 5.92 Å². The fourth-order valence-electron chi connectivity index (χ4n) is 4.98. The average Bonchev–Trinajstić information content (AvgIpc) is 3.50. The minimum absolute atomic E-state index is 0.0470. The first kappa shape index (κ1) is 16.8. The number of benzene rings is 1. The number of aromatic nitrogens is 2. The molecule has 0 bridgehead atoms. The number of likely N-dealkylation sites (tertiary alicyclic amines) is 2. The first-order chi connectivity index (χ1) is 13.2. The summed E-state index contributed by atoms with van der Waals surface area (Å²) in [5, 5.41) is 10.1. The van der Waals surface area contributed by atoms with E-state index in [1.807, 2.05) is 23.4 Å². The van der Waals surface area contributed by atoms with E-state index in [4.69, 9.17) is 0 Å². The Labute approximate surface area is 158 Å². The van der Waals surface area contributed by atoms with Crippen LogP contribution in [-0.4, -0.2) is 62.1 Å². The normalized spacial score (nSPS) is 26.5. The van der Waals surface area contributed by atoms with Crippen LogP contribution in [0.1, 0.15) is 29.9 Å². The predicted octanol–water partition coefficient (Wildman–Crippen LogP) is 1.43. The Morgan fingerprint density at radius 2 is 1.85 bits per heavy atom. The highest BCUT2D eigenvalue weighted by molar-refractivity contribution is 5.82. The van der Waals surface area contributed by atoms with E-state index in [1.165, 1.54) is 11.9 Å². The van der Waals surface area contributed by atoms with Gasteiger partial charge in [0.1, 0.15) is 6.33 Å². The van der Waals surface area contributed by atoms with E-state index < -0.39 is 0 Å². The molecule has 1 N–H and O–H groups in total. The van der Waals surface area contributed by atoms with Crippen LogP contribution in [-0.2, 0) is 11.3 Å². The highest BCUT2D eigenvalue weighted by Gasteiger charge is 2.66. The van der Waals surface area contributed by atoms with Crippen LogP contribution in [0.15, 0.2) is 49.1 Å². The number of hydrogen-bond acceptors (Lipinski definition) is 5. The van der Waals surface area contributed by atoms with Gasteiger partial charge in [0.05, 0.1) is 12.1 Å². The summed E-state index contributed by atoms with van der Waals surface area (Å²) < 4.78 is 0. The van der Waals surface area contributed by atoms with Crippen molar-refractivity contribution < 1.29 is 9.90 Å². The number of amides is 1. The van der Waals surface area contributed by atoms with E-state index in [0.29, 0.717) is 12.5 Å². The monoisotopic (exact) mass is 364 g/mol. The molecule has 3 aliphatic rings. The second kappa shape index (κ2) is 6.39. The van der Waals surface area contributed by atoms with Crippen LogP contribution in [0.25, 0.3) is 0 Å². The lowest BCUT2D eigenvalue weighted by Gasteiger charge is -2.71. The Morgan fingerprint density at radius 3 is 2.48 bits per heavy atom. The molecular weight excluding hydrogens is 340 g/mol. The molecule has 0 radical (unpaired) electrons. The quantitative estimate of drug-likeness (QED) is 0.869. The molecule has 1 amide bonds. The summed E-state index contributed by atoms with van der Waals surface area (Å²) in [6.07, 6.45) is 7.27. The lowest BCUT2D eigenvalue weighted by molar-refractivity contribution is -0.200. The second-order valence-electron chi connectivity index (χ2n) is 8.09. The molecule has 6 heteroatoms. The molecule has 1 spiro atoms. The first-order valence-electron chi connectivity index (χ1n) is 9.68. The smallest absolute Gasteiger partial charge is 0.225 e. The summed E-state index contributed by atoms with van der Waals surface area (Å²) in [5.41, 5.74) is 2.18. The van der Waals surface area contributed by atoms with Crippen LogP contribution in [0.4, 0.5) is 0 Å². The van der Waals surface area contributed by atoms with E-state index in [1.54, 1.807) is 0 Å². The zero-order chi connectivity index (χ0) is 18.4. The number of aliphatic hydroxyl groups is 1. The van der Waals surface area contributed by atoms with Gasteiger partial charge in [-0.1, -0.05) is 30.3 Å². The highest BCUT2D eigenvalue weighted by Crippen LogP contribution is 2.55. The van der Waals surface area contributed by atoms with Crippen LogP contribution in [0, 0.1) is 5.92 Å². The van der Waals surface area contributed by atoms with E-state index in [-0.39, 0.29) is 30.0 Å². The van der Waals surface area contributed by atoms with Crippen molar-refractivity contribution in [1.82, 2.24) is 19.8 Å². The summed E-state index contributed by atoms with van der Waals surface area (Å²) in [6.45, 7) is 2.28. The molecular formula is C21H24N4O2. The summed E-state index contributed by atoms with van der Waals surface area (Å²) in [4.78, 5) is 25.1. The van der Waals surface area contributed by atoms with Gasteiger partial charge in [-0.25, -0.2) is 9.97 Å². The average molecular weight is 364 g/mol. The second-order valence-corrected chi connectivity index (χ2v) is 8.09. The largest absolute Gasteiger partial charge is 0.395 e. The zero-order valence-corrected chi connectivity index (χ0v) is 15.2. The molecule has 0 unspecified atom stereocenters. The number of carbonyl (C=O) groups is 1. The molecule has 1 aromatic carbocycles. The third kappa shape index (κ3) is 2.66. The first-order valence-corrected chi connectivity index (χ1v) is 9.68. The number of hydrogen-bond donors (Lipinski definition) is 1.